The summed E-state index contributed by atoms with van der Waals surface area (Å²) in [5, 5.41) is 12.2. The van der Waals surface area contributed by atoms with Gasteiger partial charge in [0.05, 0.1) is 0 Å². The molecule has 2 rings (SSSR count). The highest BCUT2D eigenvalue weighted by atomic mass is 19.1. The van der Waals surface area contributed by atoms with E-state index < -0.39 is 12.0 Å². The first-order valence-corrected chi connectivity index (χ1v) is 5.82. The van der Waals surface area contributed by atoms with E-state index in [1.165, 1.54) is 12.1 Å². The Morgan fingerprint density at radius 3 is 2.47 bits per heavy atom. The van der Waals surface area contributed by atoms with Crippen molar-refractivity contribution in [3.05, 3.63) is 35.6 Å². The highest BCUT2D eigenvalue weighted by Crippen LogP contribution is 2.33. The Hall–Kier alpha value is -1.42. The van der Waals surface area contributed by atoms with E-state index in [4.69, 9.17) is 5.11 Å². The standard InChI is InChI=1S/C13H16FNO2/c1-8(9-4-6-11(14)7-5-9)15-12(13(16)17)10-2-3-10/h4-8,10,12,15H,2-3H2,1H3,(H,16,17)/t8-,12?/m0/s1. The molecule has 2 N–H and O–H groups in total. The number of halogens is 1. The zero-order chi connectivity index (χ0) is 12.4. The molecule has 1 unspecified atom stereocenters. The molecule has 1 saturated carbocycles. The molecule has 0 radical (unpaired) electrons. The predicted molar refractivity (Wildman–Crippen MR) is 62.1 cm³/mol. The molecular formula is C13H16FNO2. The molecule has 92 valence electrons. The van der Waals surface area contributed by atoms with Gasteiger partial charge in [0, 0.05) is 6.04 Å². The van der Waals surface area contributed by atoms with Crippen LogP contribution in [0.2, 0.25) is 0 Å². The van der Waals surface area contributed by atoms with Gasteiger partial charge in [0.25, 0.3) is 0 Å². The number of carbonyl (C=O) groups is 1. The fourth-order valence-corrected chi connectivity index (χ4v) is 1.96. The van der Waals surface area contributed by atoms with E-state index in [2.05, 4.69) is 5.32 Å². The van der Waals surface area contributed by atoms with Crippen LogP contribution >= 0.6 is 0 Å². The average molecular weight is 237 g/mol. The van der Waals surface area contributed by atoms with Crippen LogP contribution in [0, 0.1) is 11.7 Å². The molecule has 0 spiro atoms. The summed E-state index contributed by atoms with van der Waals surface area (Å²) < 4.78 is 12.8. The van der Waals surface area contributed by atoms with Gasteiger partial charge in [0.15, 0.2) is 0 Å². The number of nitrogens with one attached hydrogen (secondary N) is 1. The van der Waals surface area contributed by atoms with Crippen LogP contribution in [-0.4, -0.2) is 17.1 Å². The normalized spacial score (nSPS) is 18.7. The minimum absolute atomic E-state index is 0.0858. The summed E-state index contributed by atoms with van der Waals surface area (Å²) in [6.07, 6.45) is 1.94. The molecule has 17 heavy (non-hydrogen) atoms. The van der Waals surface area contributed by atoms with Gasteiger partial charge in [-0.3, -0.25) is 10.1 Å². The first kappa shape index (κ1) is 12.0. The van der Waals surface area contributed by atoms with Gasteiger partial charge in [0.1, 0.15) is 11.9 Å². The molecular weight excluding hydrogens is 221 g/mol. The smallest absolute Gasteiger partial charge is 0.320 e. The van der Waals surface area contributed by atoms with E-state index in [-0.39, 0.29) is 17.8 Å². The Bertz CT molecular complexity index is 400. The maximum atomic E-state index is 12.8. The van der Waals surface area contributed by atoms with Gasteiger partial charge in [-0.25, -0.2) is 4.39 Å². The van der Waals surface area contributed by atoms with Crippen molar-refractivity contribution in [1.82, 2.24) is 5.32 Å². The third-order valence-electron chi connectivity index (χ3n) is 3.16. The van der Waals surface area contributed by atoms with Gasteiger partial charge in [-0.05, 0) is 43.4 Å². The van der Waals surface area contributed by atoms with Crippen molar-refractivity contribution >= 4 is 5.97 Å². The van der Waals surface area contributed by atoms with Crippen molar-refractivity contribution < 1.29 is 14.3 Å². The number of aliphatic carboxylic acids is 1. The fraction of sp³-hybridized carbons (Fsp3) is 0.462. The molecule has 3 nitrogen and oxygen atoms in total. The lowest BCUT2D eigenvalue weighted by molar-refractivity contribution is -0.140. The van der Waals surface area contributed by atoms with Crippen LogP contribution in [0.4, 0.5) is 4.39 Å². The molecule has 2 atom stereocenters. The molecule has 0 aliphatic heterocycles. The average Bonchev–Trinajstić information content (AvgIpc) is 3.10. The number of carboxylic acid groups (broad SMARTS) is 1. The van der Waals surface area contributed by atoms with Gasteiger partial charge in [0.2, 0.25) is 0 Å². The van der Waals surface area contributed by atoms with Crippen LogP contribution in [-0.2, 0) is 4.79 Å². The third kappa shape index (κ3) is 3.03. The summed E-state index contributed by atoms with van der Waals surface area (Å²) in [6.45, 7) is 1.89. The van der Waals surface area contributed by atoms with Crippen LogP contribution < -0.4 is 5.32 Å². The van der Waals surface area contributed by atoms with Crippen molar-refractivity contribution in [2.24, 2.45) is 5.92 Å². The zero-order valence-corrected chi connectivity index (χ0v) is 9.69. The minimum Gasteiger partial charge on any atom is -0.480 e. The molecule has 1 aromatic rings. The van der Waals surface area contributed by atoms with Gasteiger partial charge in [-0.2, -0.15) is 0 Å². The van der Waals surface area contributed by atoms with E-state index in [1.54, 1.807) is 12.1 Å². The van der Waals surface area contributed by atoms with E-state index in [0.29, 0.717) is 0 Å². The van der Waals surface area contributed by atoms with Gasteiger partial charge in [-0.1, -0.05) is 12.1 Å². The second-order valence-corrected chi connectivity index (χ2v) is 4.59. The predicted octanol–water partition coefficient (Wildman–Crippen LogP) is 2.34. The van der Waals surface area contributed by atoms with Crippen molar-refractivity contribution in [3.63, 3.8) is 0 Å². The summed E-state index contributed by atoms with van der Waals surface area (Å²) in [6, 6.07) is 5.56. The van der Waals surface area contributed by atoms with E-state index in [9.17, 15) is 9.18 Å². The largest absolute Gasteiger partial charge is 0.480 e. The van der Waals surface area contributed by atoms with E-state index in [0.717, 1.165) is 18.4 Å². The third-order valence-corrected chi connectivity index (χ3v) is 3.16. The number of hydrogen-bond acceptors (Lipinski definition) is 2. The van der Waals surface area contributed by atoms with Crippen LogP contribution in [0.1, 0.15) is 31.4 Å². The maximum absolute atomic E-state index is 12.8. The van der Waals surface area contributed by atoms with E-state index in [1.807, 2.05) is 6.92 Å². The second kappa shape index (κ2) is 4.84. The summed E-state index contributed by atoms with van der Waals surface area (Å²) in [7, 11) is 0. The van der Waals surface area contributed by atoms with Crippen LogP contribution in [0.25, 0.3) is 0 Å². The first-order chi connectivity index (χ1) is 8.08. The molecule has 0 heterocycles. The number of rotatable bonds is 5. The lowest BCUT2D eigenvalue weighted by Crippen LogP contribution is -2.40. The minimum atomic E-state index is -0.804. The van der Waals surface area contributed by atoms with Crippen LogP contribution in [0.15, 0.2) is 24.3 Å². The summed E-state index contributed by atoms with van der Waals surface area (Å²) in [5.41, 5.74) is 0.901. The lowest BCUT2D eigenvalue weighted by Gasteiger charge is -2.20. The topological polar surface area (TPSA) is 49.3 Å². The second-order valence-electron chi connectivity index (χ2n) is 4.59. The maximum Gasteiger partial charge on any atom is 0.320 e. The SMILES string of the molecule is C[C@H](NC(C(=O)O)C1CC1)c1ccc(F)cc1. The van der Waals surface area contributed by atoms with Crippen LogP contribution in [0.3, 0.4) is 0 Å². The van der Waals surface area contributed by atoms with Crippen molar-refractivity contribution in [2.45, 2.75) is 31.8 Å². The zero-order valence-electron chi connectivity index (χ0n) is 9.69. The van der Waals surface area contributed by atoms with E-state index >= 15 is 0 Å². The summed E-state index contributed by atoms with van der Waals surface area (Å²) in [5.74, 6) is -0.838. The lowest BCUT2D eigenvalue weighted by atomic mass is 10.1. The fourth-order valence-electron chi connectivity index (χ4n) is 1.96. The Balaban J connectivity index is 2.01. The van der Waals surface area contributed by atoms with Gasteiger partial charge < -0.3 is 5.11 Å². The Morgan fingerprint density at radius 1 is 1.41 bits per heavy atom. The molecule has 1 fully saturated rings. The molecule has 1 aromatic carbocycles. The van der Waals surface area contributed by atoms with Crippen LogP contribution in [0.5, 0.6) is 0 Å². The number of benzene rings is 1. The summed E-state index contributed by atoms with van der Waals surface area (Å²) in [4.78, 5) is 11.1. The molecule has 1 aliphatic rings. The molecule has 4 heteroatoms. The quantitative estimate of drug-likeness (QED) is 0.826. The highest BCUT2D eigenvalue weighted by molar-refractivity contribution is 5.74. The Kier molecular flexibility index (Phi) is 3.43. The van der Waals surface area contributed by atoms with Crippen molar-refractivity contribution in [3.8, 4) is 0 Å². The molecule has 0 amide bonds. The molecule has 0 bridgehead atoms. The Labute approximate surface area is 99.7 Å². The van der Waals surface area contributed by atoms with Gasteiger partial charge in [-0.15, -0.1) is 0 Å². The monoisotopic (exact) mass is 237 g/mol. The Morgan fingerprint density at radius 2 is 2.00 bits per heavy atom. The number of hydrogen-bond donors (Lipinski definition) is 2. The van der Waals surface area contributed by atoms with Crippen molar-refractivity contribution in [1.29, 1.82) is 0 Å². The molecule has 0 aromatic heterocycles. The first-order valence-electron chi connectivity index (χ1n) is 5.82. The summed E-state index contributed by atoms with van der Waals surface area (Å²) >= 11 is 0. The van der Waals surface area contributed by atoms with Gasteiger partial charge >= 0.3 is 5.97 Å². The molecule has 0 saturated heterocycles. The highest BCUT2D eigenvalue weighted by Gasteiger charge is 2.36. The van der Waals surface area contributed by atoms with Crippen molar-refractivity contribution in [2.75, 3.05) is 0 Å². The number of carboxylic acids is 1. The molecule has 1 aliphatic carbocycles.